The third-order valence-corrected chi connectivity index (χ3v) is 6.30. The second-order valence-electron chi connectivity index (χ2n) is 6.23. The lowest BCUT2D eigenvalue weighted by Crippen LogP contribution is -2.16. The average Bonchev–Trinajstić information content (AvgIpc) is 3.13. The smallest absolute Gasteiger partial charge is 0.268 e. The SMILES string of the molecule is CNCCOc1cccc2c1ccn2S(=O)(=O)c1cccc2ccccc12. The van der Waals surface area contributed by atoms with Gasteiger partial charge in [0.15, 0.2) is 0 Å². The molecule has 1 heterocycles. The lowest BCUT2D eigenvalue weighted by atomic mass is 10.1. The Bertz CT molecular complexity index is 1210. The summed E-state index contributed by atoms with van der Waals surface area (Å²) in [5.74, 6) is 0.676. The van der Waals surface area contributed by atoms with Crippen molar-refractivity contribution in [3.8, 4) is 5.75 Å². The molecular weight excluding hydrogens is 360 g/mol. The fourth-order valence-electron chi connectivity index (χ4n) is 3.24. The van der Waals surface area contributed by atoms with Gasteiger partial charge in [-0.2, -0.15) is 0 Å². The van der Waals surface area contributed by atoms with Gasteiger partial charge >= 0.3 is 0 Å². The molecule has 3 aromatic carbocycles. The molecule has 0 unspecified atom stereocenters. The van der Waals surface area contributed by atoms with Crippen LogP contribution in [0.3, 0.4) is 0 Å². The normalized spacial score (nSPS) is 11.9. The standard InChI is InChI=1S/C21H20N2O3S/c1-22-13-15-26-20-10-5-9-19-18(20)12-14-23(19)27(24,25)21-11-4-7-16-6-2-3-8-17(16)21/h2-12,14,22H,13,15H2,1H3. The minimum atomic E-state index is -3.74. The molecule has 0 fully saturated rings. The van der Waals surface area contributed by atoms with Crippen LogP contribution in [0.15, 0.2) is 77.8 Å². The third kappa shape index (κ3) is 3.07. The van der Waals surface area contributed by atoms with Crippen molar-refractivity contribution in [2.24, 2.45) is 0 Å². The summed E-state index contributed by atoms with van der Waals surface area (Å²) in [7, 11) is -1.88. The predicted octanol–water partition coefficient (Wildman–Crippen LogP) is 3.63. The van der Waals surface area contributed by atoms with Gasteiger partial charge in [0.05, 0.1) is 10.4 Å². The maximum atomic E-state index is 13.4. The Morgan fingerprint density at radius 1 is 0.926 bits per heavy atom. The first-order valence-electron chi connectivity index (χ1n) is 8.74. The highest BCUT2D eigenvalue weighted by Crippen LogP contribution is 2.31. The van der Waals surface area contributed by atoms with Crippen molar-refractivity contribution in [3.05, 3.63) is 72.9 Å². The van der Waals surface area contributed by atoms with E-state index in [-0.39, 0.29) is 0 Å². The molecular formula is C21H20N2O3S. The molecule has 0 amide bonds. The average molecular weight is 380 g/mol. The van der Waals surface area contributed by atoms with Crippen LogP contribution in [0.4, 0.5) is 0 Å². The molecule has 0 saturated heterocycles. The summed E-state index contributed by atoms with van der Waals surface area (Å²) in [6.07, 6.45) is 1.59. The second-order valence-corrected chi connectivity index (χ2v) is 8.02. The summed E-state index contributed by atoms with van der Waals surface area (Å²) in [5, 5.41) is 5.41. The molecule has 138 valence electrons. The Kier molecular flexibility index (Phi) is 4.59. The van der Waals surface area contributed by atoms with E-state index in [1.807, 2.05) is 49.5 Å². The van der Waals surface area contributed by atoms with Crippen LogP contribution in [0.1, 0.15) is 0 Å². The van der Waals surface area contributed by atoms with Crippen molar-refractivity contribution in [2.45, 2.75) is 4.90 Å². The monoisotopic (exact) mass is 380 g/mol. The molecule has 1 N–H and O–H groups in total. The zero-order chi connectivity index (χ0) is 18.9. The molecule has 4 rings (SSSR count). The predicted molar refractivity (Wildman–Crippen MR) is 108 cm³/mol. The van der Waals surface area contributed by atoms with E-state index in [0.717, 1.165) is 10.8 Å². The molecule has 6 heteroatoms. The third-order valence-electron chi connectivity index (χ3n) is 4.55. The summed E-state index contributed by atoms with van der Waals surface area (Å²) in [6.45, 7) is 1.22. The highest BCUT2D eigenvalue weighted by Gasteiger charge is 2.22. The van der Waals surface area contributed by atoms with Gasteiger partial charge in [-0.15, -0.1) is 0 Å². The molecule has 27 heavy (non-hydrogen) atoms. The zero-order valence-corrected chi connectivity index (χ0v) is 15.7. The van der Waals surface area contributed by atoms with Gasteiger partial charge in [0.2, 0.25) is 0 Å². The fraction of sp³-hybridized carbons (Fsp3) is 0.143. The van der Waals surface area contributed by atoms with Gasteiger partial charge in [-0.1, -0.05) is 42.5 Å². The Morgan fingerprint density at radius 2 is 1.70 bits per heavy atom. The van der Waals surface area contributed by atoms with Crippen molar-refractivity contribution >= 4 is 31.7 Å². The summed E-state index contributed by atoms with van der Waals surface area (Å²) in [6, 6.07) is 20.1. The molecule has 5 nitrogen and oxygen atoms in total. The van der Waals surface area contributed by atoms with E-state index in [2.05, 4.69) is 5.32 Å². The Labute approximate surface area is 158 Å². The van der Waals surface area contributed by atoms with Gasteiger partial charge in [0.1, 0.15) is 12.4 Å². The van der Waals surface area contributed by atoms with Crippen LogP contribution < -0.4 is 10.1 Å². The van der Waals surface area contributed by atoms with E-state index in [9.17, 15) is 8.42 Å². The minimum absolute atomic E-state index is 0.291. The first kappa shape index (κ1) is 17.6. The molecule has 0 saturated carbocycles. The van der Waals surface area contributed by atoms with Gasteiger partial charge in [-0.25, -0.2) is 12.4 Å². The lowest BCUT2D eigenvalue weighted by Gasteiger charge is -2.11. The van der Waals surface area contributed by atoms with Crippen LogP contribution in [0, 0.1) is 0 Å². The maximum absolute atomic E-state index is 13.4. The number of benzene rings is 3. The van der Waals surface area contributed by atoms with E-state index >= 15 is 0 Å². The Morgan fingerprint density at radius 3 is 2.56 bits per heavy atom. The van der Waals surface area contributed by atoms with Crippen molar-refractivity contribution in [1.29, 1.82) is 0 Å². The van der Waals surface area contributed by atoms with Crippen molar-refractivity contribution < 1.29 is 13.2 Å². The van der Waals surface area contributed by atoms with Crippen LogP contribution in [0.2, 0.25) is 0 Å². The number of hydrogen-bond acceptors (Lipinski definition) is 4. The summed E-state index contributed by atoms with van der Waals surface area (Å²) in [5.41, 5.74) is 0.602. The Hall–Kier alpha value is -2.83. The number of rotatable bonds is 6. The molecule has 0 radical (unpaired) electrons. The van der Waals surface area contributed by atoms with Crippen LogP contribution >= 0.6 is 0 Å². The number of aromatic nitrogens is 1. The minimum Gasteiger partial charge on any atom is -0.492 e. The Balaban J connectivity index is 1.85. The fourth-order valence-corrected chi connectivity index (χ4v) is 4.81. The highest BCUT2D eigenvalue weighted by molar-refractivity contribution is 7.90. The molecule has 4 aromatic rings. The van der Waals surface area contributed by atoms with E-state index < -0.39 is 10.0 Å². The number of hydrogen-bond donors (Lipinski definition) is 1. The van der Waals surface area contributed by atoms with Crippen LogP contribution in [0.25, 0.3) is 21.7 Å². The second kappa shape index (κ2) is 7.06. The van der Waals surface area contributed by atoms with Gasteiger partial charge in [-0.05, 0) is 36.7 Å². The number of nitrogens with zero attached hydrogens (tertiary/aromatic N) is 1. The number of ether oxygens (including phenoxy) is 1. The lowest BCUT2D eigenvalue weighted by molar-refractivity contribution is 0.322. The van der Waals surface area contributed by atoms with Crippen LogP contribution in [-0.2, 0) is 10.0 Å². The number of fused-ring (bicyclic) bond motifs is 2. The molecule has 1 aromatic heterocycles. The quantitative estimate of drug-likeness (QED) is 0.519. The molecule has 0 aliphatic heterocycles. The summed E-state index contributed by atoms with van der Waals surface area (Å²) >= 11 is 0. The van der Waals surface area contributed by atoms with Gasteiger partial charge in [0, 0.05) is 23.5 Å². The van der Waals surface area contributed by atoms with Crippen LogP contribution in [-0.4, -0.2) is 32.6 Å². The van der Waals surface area contributed by atoms with E-state index in [1.54, 1.807) is 30.5 Å². The maximum Gasteiger partial charge on any atom is 0.268 e. The molecule has 0 aliphatic rings. The highest BCUT2D eigenvalue weighted by atomic mass is 32.2. The van der Waals surface area contributed by atoms with E-state index in [4.69, 9.17) is 4.74 Å². The summed E-state index contributed by atoms with van der Waals surface area (Å²) < 4.78 is 33.9. The molecule has 0 spiro atoms. The van der Waals surface area contributed by atoms with Crippen molar-refractivity contribution in [2.75, 3.05) is 20.2 Å². The number of likely N-dealkylation sites (N-methyl/N-ethyl adjacent to an activating group) is 1. The summed E-state index contributed by atoms with van der Waals surface area (Å²) in [4.78, 5) is 0.291. The largest absolute Gasteiger partial charge is 0.492 e. The molecule has 0 atom stereocenters. The molecule has 0 bridgehead atoms. The number of nitrogens with one attached hydrogen (secondary N) is 1. The van der Waals surface area contributed by atoms with Crippen molar-refractivity contribution in [3.63, 3.8) is 0 Å². The van der Waals surface area contributed by atoms with Gasteiger partial charge in [0.25, 0.3) is 10.0 Å². The van der Waals surface area contributed by atoms with Crippen LogP contribution in [0.5, 0.6) is 5.75 Å². The molecule has 0 aliphatic carbocycles. The van der Waals surface area contributed by atoms with Gasteiger partial charge < -0.3 is 10.1 Å². The van der Waals surface area contributed by atoms with E-state index in [1.165, 1.54) is 3.97 Å². The topological polar surface area (TPSA) is 60.3 Å². The zero-order valence-electron chi connectivity index (χ0n) is 14.9. The first-order chi connectivity index (χ1) is 13.1. The first-order valence-corrected chi connectivity index (χ1v) is 10.2. The van der Waals surface area contributed by atoms with Gasteiger partial charge in [-0.3, -0.25) is 0 Å². The van der Waals surface area contributed by atoms with E-state index in [0.29, 0.717) is 34.7 Å². The van der Waals surface area contributed by atoms with Crippen molar-refractivity contribution in [1.82, 2.24) is 9.29 Å².